The van der Waals surface area contributed by atoms with Crippen LogP contribution in [0.5, 0.6) is 5.75 Å². The van der Waals surface area contributed by atoms with Crippen molar-refractivity contribution < 1.29 is 24.0 Å². The second kappa shape index (κ2) is 8.17. The van der Waals surface area contributed by atoms with Crippen molar-refractivity contribution in [1.29, 1.82) is 0 Å². The lowest BCUT2D eigenvalue weighted by Gasteiger charge is -2.39. The van der Waals surface area contributed by atoms with E-state index in [4.69, 9.17) is 4.74 Å². The molecule has 0 spiro atoms. The summed E-state index contributed by atoms with van der Waals surface area (Å²) in [7, 11) is 1.51. The highest BCUT2D eigenvalue weighted by Gasteiger charge is 2.47. The summed E-state index contributed by atoms with van der Waals surface area (Å²) in [6.07, 6.45) is -0.178. The van der Waals surface area contributed by atoms with Crippen molar-refractivity contribution in [3.8, 4) is 5.75 Å². The molecule has 9 nitrogen and oxygen atoms in total. The van der Waals surface area contributed by atoms with E-state index in [1.165, 1.54) is 36.3 Å². The molecule has 162 valence electrons. The Morgan fingerprint density at radius 3 is 2.35 bits per heavy atom. The van der Waals surface area contributed by atoms with Crippen LogP contribution < -0.4 is 9.64 Å². The first-order valence-corrected chi connectivity index (χ1v) is 9.63. The number of imide groups is 1. The van der Waals surface area contributed by atoms with Crippen LogP contribution in [0.3, 0.4) is 0 Å². The molecule has 1 aliphatic heterocycles. The van der Waals surface area contributed by atoms with E-state index in [9.17, 15) is 24.5 Å². The smallest absolute Gasteiger partial charge is 0.270 e. The molecule has 0 bridgehead atoms. The molecule has 1 atom stereocenters. The summed E-state index contributed by atoms with van der Waals surface area (Å²) < 4.78 is 5.11. The highest BCUT2D eigenvalue weighted by molar-refractivity contribution is 6.23. The Balaban J connectivity index is 1.97. The van der Waals surface area contributed by atoms with Gasteiger partial charge in [0.25, 0.3) is 17.5 Å². The molecular formula is C22H23N3O6. The lowest BCUT2D eigenvalue weighted by atomic mass is 9.99. The number of hydrogen-bond acceptors (Lipinski definition) is 6. The third-order valence-corrected chi connectivity index (χ3v) is 5.01. The van der Waals surface area contributed by atoms with Crippen molar-refractivity contribution in [3.63, 3.8) is 0 Å². The van der Waals surface area contributed by atoms with Gasteiger partial charge in [-0.25, -0.2) is 4.90 Å². The maximum absolute atomic E-state index is 13.3. The van der Waals surface area contributed by atoms with Crippen LogP contribution in [0.4, 0.5) is 11.4 Å². The predicted molar refractivity (Wildman–Crippen MR) is 113 cm³/mol. The van der Waals surface area contributed by atoms with Crippen molar-refractivity contribution >= 4 is 29.1 Å². The number of rotatable bonds is 5. The van der Waals surface area contributed by atoms with Crippen LogP contribution in [0.2, 0.25) is 0 Å². The monoisotopic (exact) mass is 425 g/mol. The van der Waals surface area contributed by atoms with E-state index < -0.39 is 34.2 Å². The molecule has 9 heteroatoms. The molecule has 0 saturated carbocycles. The molecule has 0 radical (unpaired) electrons. The zero-order chi connectivity index (χ0) is 22.9. The van der Waals surface area contributed by atoms with E-state index in [0.717, 1.165) is 4.90 Å². The second-order valence-electron chi connectivity index (χ2n) is 8.14. The van der Waals surface area contributed by atoms with Gasteiger partial charge in [-0.05, 0) is 51.1 Å². The Morgan fingerprint density at radius 2 is 1.81 bits per heavy atom. The number of ether oxygens (including phenoxy) is 1. The van der Waals surface area contributed by atoms with Crippen molar-refractivity contribution in [1.82, 2.24) is 4.90 Å². The molecule has 1 fully saturated rings. The fourth-order valence-electron chi connectivity index (χ4n) is 3.63. The summed E-state index contributed by atoms with van der Waals surface area (Å²) in [4.78, 5) is 52.2. The van der Waals surface area contributed by atoms with Crippen molar-refractivity contribution in [2.45, 2.75) is 38.8 Å². The SMILES string of the molecule is COc1ccc(N2C(=O)CC(N(C(=O)c3cccc([N+](=O)[O-])c3)C(C)(C)C)C2=O)cc1. The standard InChI is InChI=1S/C22H23N3O6/c1-22(2,3)24(20(27)14-6-5-7-16(12-14)25(29)30)18-13-19(26)23(21(18)28)15-8-10-17(31-4)11-9-15/h5-12,18H,13H2,1-4H3. The Bertz CT molecular complexity index is 1040. The summed E-state index contributed by atoms with van der Waals surface area (Å²) in [6.45, 7) is 5.24. The van der Waals surface area contributed by atoms with Crippen molar-refractivity contribution in [2.75, 3.05) is 12.0 Å². The van der Waals surface area contributed by atoms with Crippen LogP contribution in [0.25, 0.3) is 0 Å². The van der Waals surface area contributed by atoms with Crippen molar-refractivity contribution in [3.05, 3.63) is 64.2 Å². The quantitative estimate of drug-likeness (QED) is 0.413. The van der Waals surface area contributed by atoms with E-state index >= 15 is 0 Å². The van der Waals surface area contributed by atoms with Crippen LogP contribution in [0.1, 0.15) is 37.6 Å². The van der Waals surface area contributed by atoms with Crippen LogP contribution in [0.15, 0.2) is 48.5 Å². The number of nitro benzene ring substituents is 1. The Kier molecular flexibility index (Phi) is 5.79. The lowest BCUT2D eigenvalue weighted by molar-refractivity contribution is -0.384. The van der Waals surface area contributed by atoms with E-state index in [1.54, 1.807) is 45.0 Å². The number of methoxy groups -OCH3 is 1. The number of carbonyl (C=O) groups is 3. The molecular weight excluding hydrogens is 402 g/mol. The van der Waals surface area contributed by atoms with Gasteiger partial charge in [-0.15, -0.1) is 0 Å². The zero-order valence-electron chi connectivity index (χ0n) is 17.7. The third kappa shape index (κ3) is 4.25. The first kappa shape index (κ1) is 21.9. The van der Waals surface area contributed by atoms with Gasteiger partial charge >= 0.3 is 0 Å². The summed E-state index contributed by atoms with van der Waals surface area (Å²) >= 11 is 0. The number of amides is 3. The summed E-state index contributed by atoms with van der Waals surface area (Å²) in [6, 6.07) is 10.8. The van der Waals surface area contributed by atoms with Gasteiger partial charge in [0.15, 0.2) is 0 Å². The molecule has 1 aliphatic rings. The van der Waals surface area contributed by atoms with Gasteiger partial charge in [0.05, 0.1) is 24.1 Å². The highest BCUT2D eigenvalue weighted by Crippen LogP contribution is 2.32. The van der Waals surface area contributed by atoms with Gasteiger partial charge in [0.1, 0.15) is 11.8 Å². The van der Waals surface area contributed by atoms with Crippen LogP contribution in [-0.2, 0) is 9.59 Å². The molecule has 1 saturated heterocycles. The molecule has 1 unspecified atom stereocenters. The third-order valence-electron chi connectivity index (χ3n) is 5.01. The number of hydrogen-bond donors (Lipinski definition) is 0. The number of nitrogens with zero attached hydrogens (tertiary/aromatic N) is 3. The summed E-state index contributed by atoms with van der Waals surface area (Å²) in [5.41, 5.74) is -0.589. The van der Waals surface area contributed by atoms with E-state index in [-0.39, 0.29) is 17.7 Å². The number of nitro groups is 1. The molecule has 1 heterocycles. The van der Waals surface area contributed by atoms with Crippen LogP contribution in [0, 0.1) is 10.1 Å². The molecule has 3 amide bonds. The van der Waals surface area contributed by atoms with E-state index in [1.807, 2.05) is 0 Å². The van der Waals surface area contributed by atoms with Gasteiger partial charge < -0.3 is 9.64 Å². The molecule has 0 aromatic heterocycles. The van der Waals surface area contributed by atoms with Crippen molar-refractivity contribution in [2.24, 2.45) is 0 Å². The number of carbonyl (C=O) groups excluding carboxylic acids is 3. The highest BCUT2D eigenvalue weighted by atomic mass is 16.6. The van der Waals surface area contributed by atoms with E-state index in [0.29, 0.717) is 11.4 Å². The summed E-state index contributed by atoms with van der Waals surface area (Å²) in [5.74, 6) is -0.930. The second-order valence-corrected chi connectivity index (χ2v) is 8.14. The number of anilines is 1. The topological polar surface area (TPSA) is 110 Å². The first-order valence-electron chi connectivity index (χ1n) is 9.63. The molecule has 0 aliphatic carbocycles. The van der Waals surface area contributed by atoms with Gasteiger partial charge in [0.2, 0.25) is 5.91 Å². The normalized spacial score (nSPS) is 16.4. The molecule has 31 heavy (non-hydrogen) atoms. The maximum Gasteiger partial charge on any atom is 0.270 e. The Labute approximate surface area is 179 Å². The van der Waals surface area contributed by atoms with Crippen LogP contribution >= 0.6 is 0 Å². The average molecular weight is 425 g/mol. The number of non-ortho nitro benzene ring substituents is 1. The Hall–Kier alpha value is -3.75. The zero-order valence-corrected chi connectivity index (χ0v) is 17.7. The minimum atomic E-state index is -1.03. The molecule has 3 rings (SSSR count). The molecule has 2 aromatic carbocycles. The maximum atomic E-state index is 13.3. The molecule has 0 N–H and O–H groups in total. The Morgan fingerprint density at radius 1 is 1.16 bits per heavy atom. The lowest BCUT2D eigenvalue weighted by Crippen LogP contribution is -2.54. The number of benzene rings is 2. The largest absolute Gasteiger partial charge is 0.497 e. The minimum Gasteiger partial charge on any atom is -0.497 e. The van der Waals surface area contributed by atoms with Crippen LogP contribution in [-0.4, -0.2) is 46.2 Å². The van der Waals surface area contributed by atoms with Gasteiger partial charge in [-0.2, -0.15) is 0 Å². The fraction of sp³-hybridized carbons (Fsp3) is 0.318. The van der Waals surface area contributed by atoms with Gasteiger partial charge in [0, 0.05) is 23.2 Å². The fourth-order valence-corrected chi connectivity index (χ4v) is 3.63. The predicted octanol–water partition coefficient (Wildman–Crippen LogP) is 3.18. The summed E-state index contributed by atoms with van der Waals surface area (Å²) in [5, 5.41) is 11.1. The first-order chi connectivity index (χ1) is 14.5. The van der Waals surface area contributed by atoms with E-state index in [2.05, 4.69) is 0 Å². The van der Waals surface area contributed by atoms with Gasteiger partial charge in [-0.3, -0.25) is 24.5 Å². The van der Waals surface area contributed by atoms with Gasteiger partial charge in [-0.1, -0.05) is 6.07 Å². The minimum absolute atomic E-state index is 0.0762. The average Bonchev–Trinajstić information content (AvgIpc) is 3.00. The molecule has 2 aromatic rings.